The molecule has 1 fully saturated rings. The average Bonchev–Trinajstić information content (AvgIpc) is 2.80. The van der Waals surface area contributed by atoms with Crippen LogP contribution in [0.3, 0.4) is 0 Å². The summed E-state index contributed by atoms with van der Waals surface area (Å²) < 4.78 is 0. The van der Waals surface area contributed by atoms with Crippen LogP contribution in [-0.2, 0) is 0 Å². The first-order valence-corrected chi connectivity index (χ1v) is 9.26. The van der Waals surface area contributed by atoms with E-state index in [1.54, 1.807) is 0 Å². The van der Waals surface area contributed by atoms with Crippen LogP contribution < -0.4 is 0 Å². The molecular formula is C17H34BrN. The van der Waals surface area contributed by atoms with Crippen LogP contribution in [0.5, 0.6) is 0 Å². The third-order valence-electron chi connectivity index (χ3n) is 4.70. The summed E-state index contributed by atoms with van der Waals surface area (Å²) >= 11 is 3.74. The van der Waals surface area contributed by atoms with Crippen molar-refractivity contribution < 1.29 is 0 Å². The fraction of sp³-hybridized carbons (Fsp3) is 1.00. The number of nitrogens with zero attached hydrogens (tertiary/aromatic N) is 1. The van der Waals surface area contributed by atoms with Crippen molar-refractivity contribution in [2.75, 3.05) is 18.4 Å². The number of hydrogen-bond acceptors (Lipinski definition) is 1. The van der Waals surface area contributed by atoms with Crippen molar-refractivity contribution in [3.05, 3.63) is 0 Å². The SMILES string of the molecule is CC(C)CCN(CC(CBr)C(C)(C)C)C1CCCC1. The van der Waals surface area contributed by atoms with Crippen LogP contribution in [0.4, 0.5) is 0 Å². The molecule has 0 aromatic carbocycles. The van der Waals surface area contributed by atoms with Gasteiger partial charge in [-0.1, -0.05) is 63.4 Å². The highest BCUT2D eigenvalue weighted by Crippen LogP contribution is 2.31. The monoisotopic (exact) mass is 331 g/mol. The van der Waals surface area contributed by atoms with E-state index in [0.717, 1.165) is 23.2 Å². The molecular weight excluding hydrogens is 298 g/mol. The first-order valence-electron chi connectivity index (χ1n) is 8.14. The molecule has 0 amide bonds. The highest BCUT2D eigenvalue weighted by atomic mass is 79.9. The predicted molar refractivity (Wildman–Crippen MR) is 90.0 cm³/mol. The fourth-order valence-electron chi connectivity index (χ4n) is 2.95. The first kappa shape index (κ1) is 17.5. The third kappa shape index (κ3) is 6.16. The molecule has 0 saturated heterocycles. The zero-order valence-corrected chi connectivity index (χ0v) is 15.3. The van der Waals surface area contributed by atoms with Gasteiger partial charge in [-0.3, -0.25) is 0 Å². The molecule has 0 aromatic rings. The van der Waals surface area contributed by atoms with Gasteiger partial charge in [0.25, 0.3) is 0 Å². The van der Waals surface area contributed by atoms with Crippen LogP contribution in [-0.4, -0.2) is 29.4 Å². The Morgan fingerprint density at radius 1 is 1.16 bits per heavy atom. The minimum Gasteiger partial charge on any atom is -0.300 e. The Kier molecular flexibility index (Phi) is 7.39. The van der Waals surface area contributed by atoms with Crippen molar-refractivity contribution in [3.8, 4) is 0 Å². The van der Waals surface area contributed by atoms with Gasteiger partial charge >= 0.3 is 0 Å². The van der Waals surface area contributed by atoms with Crippen molar-refractivity contribution >= 4 is 15.9 Å². The maximum absolute atomic E-state index is 3.74. The maximum Gasteiger partial charge on any atom is 0.00953 e. The summed E-state index contributed by atoms with van der Waals surface area (Å²) in [6.45, 7) is 14.4. The lowest BCUT2D eigenvalue weighted by Gasteiger charge is -2.37. The minimum atomic E-state index is 0.401. The van der Waals surface area contributed by atoms with E-state index in [1.165, 1.54) is 45.2 Å². The van der Waals surface area contributed by atoms with Gasteiger partial charge in [-0.2, -0.15) is 0 Å². The molecule has 1 nitrogen and oxygen atoms in total. The number of rotatable bonds is 7. The molecule has 0 radical (unpaired) electrons. The largest absolute Gasteiger partial charge is 0.300 e. The molecule has 1 rings (SSSR count). The third-order valence-corrected chi connectivity index (χ3v) is 5.48. The van der Waals surface area contributed by atoms with E-state index in [0.29, 0.717) is 5.41 Å². The Morgan fingerprint density at radius 3 is 2.16 bits per heavy atom. The Balaban J connectivity index is 2.61. The van der Waals surface area contributed by atoms with Gasteiger partial charge in [-0.15, -0.1) is 0 Å². The van der Waals surface area contributed by atoms with Crippen molar-refractivity contribution in [1.82, 2.24) is 4.90 Å². The maximum atomic E-state index is 3.74. The molecule has 1 atom stereocenters. The van der Waals surface area contributed by atoms with Crippen LogP contribution in [0.15, 0.2) is 0 Å². The summed E-state index contributed by atoms with van der Waals surface area (Å²) in [6.07, 6.45) is 7.08. The van der Waals surface area contributed by atoms with Crippen LogP contribution >= 0.6 is 15.9 Å². The molecule has 0 heterocycles. The van der Waals surface area contributed by atoms with E-state index in [4.69, 9.17) is 0 Å². The number of alkyl halides is 1. The summed E-state index contributed by atoms with van der Waals surface area (Å²) in [4.78, 5) is 2.81. The molecule has 0 bridgehead atoms. The van der Waals surface area contributed by atoms with Crippen LogP contribution in [0, 0.1) is 17.3 Å². The van der Waals surface area contributed by atoms with Crippen molar-refractivity contribution in [3.63, 3.8) is 0 Å². The van der Waals surface area contributed by atoms with E-state index in [2.05, 4.69) is 55.4 Å². The lowest BCUT2D eigenvalue weighted by molar-refractivity contribution is 0.121. The van der Waals surface area contributed by atoms with Crippen LogP contribution in [0.25, 0.3) is 0 Å². The molecule has 1 unspecified atom stereocenters. The van der Waals surface area contributed by atoms with Gasteiger partial charge in [0.15, 0.2) is 0 Å². The minimum absolute atomic E-state index is 0.401. The second-order valence-electron chi connectivity index (χ2n) is 7.83. The number of halogens is 1. The molecule has 0 spiro atoms. The average molecular weight is 332 g/mol. The van der Waals surface area contributed by atoms with E-state index in [-0.39, 0.29) is 0 Å². The van der Waals surface area contributed by atoms with Crippen LogP contribution in [0.1, 0.15) is 66.7 Å². The molecule has 0 N–H and O–H groups in total. The summed E-state index contributed by atoms with van der Waals surface area (Å²) in [5.74, 6) is 1.57. The highest BCUT2D eigenvalue weighted by molar-refractivity contribution is 9.09. The summed E-state index contributed by atoms with van der Waals surface area (Å²) in [7, 11) is 0. The van der Waals surface area contributed by atoms with Gasteiger partial charge in [-0.05, 0) is 43.1 Å². The smallest absolute Gasteiger partial charge is 0.00953 e. The van der Waals surface area contributed by atoms with Gasteiger partial charge in [0.05, 0.1) is 0 Å². The van der Waals surface area contributed by atoms with Crippen LogP contribution in [0.2, 0.25) is 0 Å². The Hall–Kier alpha value is 0.440. The Labute approximate surface area is 129 Å². The van der Waals surface area contributed by atoms with Gasteiger partial charge in [-0.25, -0.2) is 0 Å². The molecule has 1 aliphatic carbocycles. The summed E-state index contributed by atoms with van der Waals surface area (Å²) in [5, 5.41) is 1.13. The van der Waals surface area contributed by atoms with E-state index in [1.807, 2.05) is 0 Å². The molecule has 1 aliphatic rings. The van der Waals surface area contributed by atoms with Crippen molar-refractivity contribution in [2.24, 2.45) is 17.3 Å². The fourth-order valence-corrected chi connectivity index (χ4v) is 4.13. The lowest BCUT2D eigenvalue weighted by Crippen LogP contribution is -2.42. The number of hydrogen-bond donors (Lipinski definition) is 0. The molecule has 0 aromatic heterocycles. The zero-order chi connectivity index (χ0) is 14.5. The van der Waals surface area contributed by atoms with Gasteiger partial charge < -0.3 is 4.90 Å². The highest BCUT2D eigenvalue weighted by Gasteiger charge is 2.29. The summed E-state index contributed by atoms with van der Waals surface area (Å²) in [6, 6.07) is 0.864. The Morgan fingerprint density at radius 2 is 1.74 bits per heavy atom. The molecule has 19 heavy (non-hydrogen) atoms. The van der Waals surface area contributed by atoms with Gasteiger partial charge in [0.1, 0.15) is 0 Å². The Bertz CT molecular complexity index is 238. The van der Waals surface area contributed by atoms with Crippen molar-refractivity contribution in [1.29, 1.82) is 0 Å². The lowest BCUT2D eigenvalue weighted by atomic mass is 9.81. The van der Waals surface area contributed by atoms with E-state index in [9.17, 15) is 0 Å². The zero-order valence-electron chi connectivity index (χ0n) is 13.7. The predicted octanol–water partition coefficient (Wildman–Crippen LogP) is 5.33. The molecule has 2 heteroatoms. The standard InChI is InChI=1S/C17H34BrN/c1-14(2)10-11-19(16-8-6-7-9-16)13-15(12-18)17(3,4)5/h14-16H,6-13H2,1-5H3. The van der Waals surface area contributed by atoms with Gasteiger partial charge in [0.2, 0.25) is 0 Å². The first-order chi connectivity index (χ1) is 8.84. The molecule has 1 saturated carbocycles. The summed E-state index contributed by atoms with van der Waals surface area (Å²) in [5.41, 5.74) is 0.401. The topological polar surface area (TPSA) is 3.24 Å². The second kappa shape index (κ2) is 8.02. The van der Waals surface area contributed by atoms with Crippen molar-refractivity contribution in [2.45, 2.75) is 72.8 Å². The quantitative estimate of drug-likeness (QED) is 0.569. The normalized spacial score (nSPS) is 19.6. The molecule has 114 valence electrons. The van der Waals surface area contributed by atoms with Gasteiger partial charge in [0, 0.05) is 17.9 Å². The van der Waals surface area contributed by atoms with E-state index < -0.39 is 0 Å². The molecule has 0 aliphatic heterocycles. The second-order valence-corrected chi connectivity index (χ2v) is 8.48. The van der Waals surface area contributed by atoms with E-state index >= 15 is 0 Å².